The third-order valence-corrected chi connectivity index (χ3v) is 4.10. The van der Waals surface area contributed by atoms with Crippen molar-refractivity contribution in [2.24, 2.45) is 0 Å². The van der Waals surface area contributed by atoms with Gasteiger partial charge in [-0.15, -0.1) is 0 Å². The fraction of sp³-hybridized carbons (Fsp3) is 0.333. The maximum Gasteiger partial charge on any atom is 0.129 e. The highest BCUT2D eigenvalue weighted by Crippen LogP contribution is 2.16. The summed E-state index contributed by atoms with van der Waals surface area (Å²) >= 11 is 0. The van der Waals surface area contributed by atoms with Crippen LogP contribution in [0.15, 0.2) is 69.9 Å². The summed E-state index contributed by atoms with van der Waals surface area (Å²) in [5, 5.41) is 10.4. The highest BCUT2D eigenvalue weighted by molar-refractivity contribution is 5.28. The molecule has 0 aliphatic rings. The number of nitrogens with zero attached hydrogens (tertiary/aromatic N) is 1. The number of hydrogen-bond donors (Lipinski definition) is 1. The largest absolute Gasteiger partial charge is 0.497 e. The topological polar surface area (TPSA) is 68.2 Å². The summed E-state index contributed by atoms with van der Waals surface area (Å²) in [7, 11) is 1.65. The molecule has 0 aliphatic carbocycles. The minimum atomic E-state index is -0.625. The lowest BCUT2D eigenvalue weighted by molar-refractivity contribution is 0.00162. The second-order valence-corrected chi connectivity index (χ2v) is 6.35. The van der Waals surface area contributed by atoms with Gasteiger partial charge in [0, 0.05) is 13.1 Å². The Morgan fingerprint density at radius 3 is 2.48 bits per heavy atom. The number of aliphatic hydroxyl groups is 1. The van der Waals surface area contributed by atoms with Gasteiger partial charge in [-0.25, -0.2) is 0 Å². The normalized spacial score (nSPS) is 12.4. The van der Waals surface area contributed by atoms with E-state index in [1.807, 2.05) is 48.5 Å². The molecule has 1 atom stereocenters. The van der Waals surface area contributed by atoms with E-state index in [0.717, 1.165) is 22.8 Å². The molecule has 2 aromatic heterocycles. The first-order valence-electron chi connectivity index (χ1n) is 8.89. The van der Waals surface area contributed by atoms with Crippen molar-refractivity contribution in [3.63, 3.8) is 0 Å². The number of hydrogen-bond acceptors (Lipinski definition) is 6. The Kier molecular flexibility index (Phi) is 7.10. The maximum atomic E-state index is 10.4. The van der Waals surface area contributed by atoms with Gasteiger partial charge in [-0.05, 0) is 42.0 Å². The van der Waals surface area contributed by atoms with Gasteiger partial charge in [0.15, 0.2) is 0 Å². The molecule has 0 bridgehead atoms. The van der Waals surface area contributed by atoms with Crippen LogP contribution in [0.5, 0.6) is 5.75 Å². The molecule has 27 heavy (non-hydrogen) atoms. The molecule has 2 heterocycles. The molecule has 3 rings (SSSR count). The zero-order valence-corrected chi connectivity index (χ0v) is 15.4. The van der Waals surface area contributed by atoms with Crippen molar-refractivity contribution in [1.29, 1.82) is 0 Å². The van der Waals surface area contributed by atoms with Gasteiger partial charge in [0.2, 0.25) is 0 Å². The van der Waals surface area contributed by atoms with Crippen molar-refractivity contribution in [3.8, 4) is 5.75 Å². The van der Waals surface area contributed by atoms with Crippen LogP contribution >= 0.6 is 0 Å². The first-order valence-corrected chi connectivity index (χ1v) is 8.89. The van der Waals surface area contributed by atoms with Crippen LogP contribution in [0.4, 0.5) is 0 Å². The highest BCUT2D eigenvalue weighted by Gasteiger charge is 2.15. The molecule has 0 aliphatic heterocycles. The predicted molar refractivity (Wildman–Crippen MR) is 100 cm³/mol. The van der Waals surface area contributed by atoms with Crippen molar-refractivity contribution in [1.82, 2.24) is 4.90 Å². The minimum absolute atomic E-state index is 0.230. The van der Waals surface area contributed by atoms with E-state index in [0.29, 0.717) is 26.2 Å². The van der Waals surface area contributed by atoms with Gasteiger partial charge >= 0.3 is 0 Å². The average Bonchev–Trinajstić information content (AvgIpc) is 3.36. The van der Waals surface area contributed by atoms with E-state index < -0.39 is 6.10 Å². The molecule has 6 nitrogen and oxygen atoms in total. The van der Waals surface area contributed by atoms with Gasteiger partial charge in [-0.1, -0.05) is 12.1 Å². The Hall–Kier alpha value is -2.54. The van der Waals surface area contributed by atoms with Crippen molar-refractivity contribution < 1.29 is 23.4 Å². The Morgan fingerprint density at radius 2 is 1.78 bits per heavy atom. The van der Waals surface area contributed by atoms with E-state index >= 15 is 0 Å². The Balaban J connectivity index is 1.56. The van der Waals surface area contributed by atoms with Crippen molar-refractivity contribution >= 4 is 0 Å². The number of methoxy groups -OCH3 is 1. The van der Waals surface area contributed by atoms with Crippen LogP contribution in [-0.4, -0.2) is 36.4 Å². The molecule has 0 spiro atoms. The standard InChI is InChI=1S/C21H25NO5/c1-24-19-6-2-5-17(11-19)12-22(14-20-7-3-9-26-20)13-18(23)15-25-16-21-8-4-10-27-21/h2-11,18,23H,12-16H2,1H3/t18-/m0/s1. The second kappa shape index (κ2) is 9.97. The van der Waals surface area contributed by atoms with Crippen LogP contribution < -0.4 is 4.74 Å². The lowest BCUT2D eigenvalue weighted by Crippen LogP contribution is -2.34. The summed E-state index contributed by atoms with van der Waals surface area (Å²) in [5.41, 5.74) is 1.10. The van der Waals surface area contributed by atoms with E-state index in [2.05, 4.69) is 4.90 Å². The van der Waals surface area contributed by atoms with E-state index in [-0.39, 0.29) is 6.61 Å². The Labute approximate surface area is 158 Å². The second-order valence-electron chi connectivity index (χ2n) is 6.35. The minimum Gasteiger partial charge on any atom is -0.497 e. The molecule has 0 fully saturated rings. The lowest BCUT2D eigenvalue weighted by atomic mass is 10.2. The van der Waals surface area contributed by atoms with E-state index in [1.165, 1.54) is 0 Å². The zero-order chi connectivity index (χ0) is 18.9. The molecule has 0 saturated heterocycles. The van der Waals surface area contributed by atoms with Crippen LogP contribution in [0.25, 0.3) is 0 Å². The van der Waals surface area contributed by atoms with Gasteiger partial charge in [0.05, 0.1) is 38.9 Å². The van der Waals surface area contributed by atoms with Gasteiger partial charge < -0.3 is 23.4 Å². The van der Waals surface area contributed by atoms with Crippen LogP contribution in [0.1, 0.15) is 17.1 Å². The summed E-state index contributed by atoms with van der Waals surface area (Å²) in [5.74, 6) is 2.40. The summed E-state index contributed by atoms with van der Waals surface area (Å²) < 4.78 is 21.5. The van der Waals surface area contributed by atoms with Crippen LogP contribution in [0.2, 0.25) is 0 Å². The molecule has 0 saturated carbocycles. The summed E-state index contributed by atoms with van der Waals surface area (Å²) in [6.45, 7) is 2.29. The lowest BCUT2D eigenvalue weighted by Gasteiger charge is -2.24. The fourth-order valence-corrected chi connectivity index (χ4v) is 2.88. The van der Waals surface area contributed by atoms with E-state index in [1.54, 1.807) is 19.6 Å². The average molecular weight is 371 g/mol. The van der Waals surface area contributed by atoms with Crippen molar-refractivity contribution in [3.05, 3.63) is 78.1 Å². The van der Waals surface area contributed by atoms with Crippen molar-refractivity contribution in [2.75, 3.05) is 20.3 Å². The first kappa shape index (κ1) is 19.2. The number of rotatable bonds is 11. The van der Waals surface area contributed by atoms with Gasteiger partial charge in [0.25, 0.3) is 0 Å². The van der Waals surface area contributed by atoms with Gasteiger partial charge in [-0.2, -0.15) is 0 Å². The smallest absolute Gasteiger partial charge is 0.129 e. The molecule has 144 valence electrons. The van der Waals surface area contributed by atoms with Crippen LogP contribution in [0, 0.1) is 0 Å². The molecule has 6 heteroatoms. The predicted octanol–water partition coefficient (Wildman–Crippen LogP) is 3.46. The third-order valence-electron chi connectivity index (χ3n) is 4.10. The van der Waals surface area contributed by atoms with Gasteiger partial charge in [-0.3, -0.25) is 4.90 Å². The summed E-state index contributed by atoms with van der Waals surface area (Å²) in [6.07, 6.45) is 2.64. The summed E-state index contributed by atoms with van der Waals surface area (Å²) in [4.78, 5) is 2.12. The van der Waals surface area contributed by atoms with Crippen molar-refractivity contribution in [2.45, 2.75) is 25.8 Å². The van der Waals surface area contributed by atoms with Gasteiger partial charge in [0.1, 0.15) is 23.9 Å². The molecule has 0 unspecified atom stereocenters. The third kappa shape index (κ3) is 6.29. The molecular weight excluding hydrogens is 346 g/mol. The molecule has 0 radical (unpaired) electrons. The molecule has 1 aromatic carbocycles. The van der Waals surface area contributed by atoms with Crippen LogP contribution in [0.3, 0.4) is 0 Å². The Bertz CT molecular complexity index is 770. The quantitative estimate of drug-likeness (QED) is 0.557. The van der Waals surface area contributed by atoms with Crippen LogP contribution in [-0.2, 0) is 24.4 Å². The molecule has 0 amide bonds. The molecule has 1 N–H and O–H groups in total. The summed E-state index contributed by atoms with van der Waals surface area (Å²) in [6, 6.07) is 15.4. The fourth-order valence-electron chi connectivity index (χ4n) is 2.88. The highest BCUT2D eigenvalue weighted by atomic mass is 16.5. The zero-order valence-electron chi connectivity index (χ0n) is 15.4. The Morgan fingerprint density at radius 1 is 1.00 bits per heavy atom. The first-order chi connectivity index (χ1) is 13.2. The van der Waals surface area contributed by atoms with E-state index in [4.69, 9.17) is 18.3 Å². The number of furan rings is 2. The van der Waals surface area contributed by atoms with E-state index in [9.17, 15) is 5.11 Å². The monoisotopic (exact) mass is 371 g/mol. The molecular formula is C21H25NO5. The number of aliphatic hydroxyl groups excluding tert-OH is 1. The maximum absolute atomic E-state index is 10.4. The number of benzene rings is 1. The molecule has 3 aromatic rings. The number of ether oxygens (including phenoxy) is 2. The SMILES string of the molecule is COc1cccc(CN(Cc2ccco2)C[C@H](O)COCc2ccco2)c1.